The van der Waals surface area contributed by atoms with Crippen molar-refractivity contribution < 1.29 is 10.2 Å². The topological polar surface area (TPSA) is 40.5 Å². The first-order chi connectivity index (χ1) is 14.5. The molecule has 0 saturated heterocycles. The van der Waals surface area contributed by atoms with Crippen LogP contribution in [0, 0.1) is 11.8 Å². The lowest BCUT2D eigenvalue weighted by atomic mass is 9.89. The van der Waals surface area contributed by atoms with Crippen LogP contribution in [-0.4, -0.2) is 22.4 Å². The Morgan fingerprint density at radius 2 is 1.50 bits per heavy atom. The van der Waals surface area contributed by atoms with Gasteiger partial charge in [-0.05, 0) is 73.1 Å². The summed E-state index contributed by atoms with van der Waals surface area (Å²) in [6, 6.07) is 18.0. The van der Waals surface area contributed by atoms with Crippen molar-refractivity contribution in [3.63, 3.8) is 0 Å². The van der Waals surface area contributed by atoms with Crippen LogP contribution >= 0.6 is 0 Å². The molecule has 0 heterocycles. The first kappa shape index (κ1) is 23.0. The van der Waals surface area contributed by atoms with Gasteiger partial charge in [0.2, 0.25) is 0 Å². The van der Waals surface area contributed by atoms with Gasteiger partial charge in [-0.3, -0.25) is 0 Å². The predicted octanol–water partition coefficient (Wildman–Crippen LogP) is 6.57. The minimum Gasteiger partial charge on any atom is -0.393 e. The second-order valence-electron chi connectivity index (χ2n) is 9.58. The largest absolute Gasteiger partial charge is 0.393 e. The third-order valence-electron chi connectivity index (χ3n) is 6.67. The van der Waals surface area contributed by atoms with Crippen molar-refractivity contribution in [1.82, 2.24) is 0 Å². The lowest BCUT2D eigenvalue weighted by molar-refractivity contribution is 0.141. The number of hydrogen-bond acceptors (Lipinski definition) is 2. The standard InChI is InChI=1S/C28H40O2/c1-3-6-24(17-21(2)29)18-22-9-13-26(14-10-22)27-15-11-23(12-16-27)19-25-7-4-5-8-28(30)20-25/h9-16,21,24-25,28-30H,3-8,17-20H2,1-2H3. The highest BCUT2D eigenvalue weighted by Crippen LogP contribution is 2.28. The maximum atomic E-state index is 10.1. The second-order valence-corrected chi connectivity index (χ2v) is 9.58. The molecular formula is C28H40O2. The summed E-state index contributed by atoms with van der Waals surface area (Å²) < 4.78 is 0. The van der Waals surface area contributed by atoms with E-state index in [0.29, 0.717) is 11.8 Å². The number of aliphatic hydroxyl groups excluding tert-OH is 2. The molecule has 2 aromatic rings. The highest BCUT2D eigenvalue weighted by Gasteiger charge is 2.18. The van der Waals surface area contributed by atoms with Crippen LogP contribution < -0.4 is 0 Å². The quantitative estimate of drug-likeness (QED) is 0.461. The summed E-state index contributed by atoms with van der Waals surface area (Å²) in [5.74, 6) is 1.17. The van der Waals surface area contributed by atoms with Crippen LogP contribution in [0.1, 0.15) is 76.3 Å². The van der Waals surface area contributed by atoms with Gasteiger partial charge < -0.3 is 10.2 Å². The summed E-state index contributed by atoms with van der Waals surface area (Å²) in [7, 11) is 0. The molecule has 4 unspecified atom stereocenters. The lowest BCUT2D eigenvalue weighted by Gasteiger charge is -2.18. The van der Waals surface area contributed by atoms with Gasteiger partial charge in [-0.15, -0.1) is 0 Å². The normalized spacial score (nSPS) is 21.7. The van der Waals surface area contributed by atoms with E-state index in [1.54, 1.807) is 0 Å². The van der Waals surface area contributed by atoms with Crippen LogP contribution in [0.5, 0.6) is 0 Å². The Kier molecular flexibility index (Phi) is 8.96. The highest BCUT2D eigenvalue weighted by molar-refractivity contribution is 5.64. The van der Waals surface area contributed by atoms with E-state index in [1.165, 1.54) is 54.4 Å². The van der Waals surface area contributed by atoms with Crippen LogP contribution in [0.2, 0.25) is 0 Å². The van der Waals surface area contributed by atoms with Gasteiger partial charge in [0, 0.05) is 0 Å². The van der Waals surface area contributed by atoms with Gasteiger partial charge in [0.25, 0.3) is 0 Å². The molecule has 2 heteroatoms. The first-order valence-corrected chi connectivity index (χ1v) is 12.1. The molecule has 0 aromatic heterocycles. The fraction of sp³-hybridized carbons (Fsp3) is 0.571. The second kappa shape index (κ2) is 11.7. The Morgan fingerprint density at radius 1 is 0.900 bits per heavy atom. The van der Waals surface area contributed by atoms with Crippen molar-refractivity contribution in [3.8, 4) is 11.1 Å². The molecule has 0 radical (unpaired) electrons. The van der Waals surface area contributed by atoms with Gasteiger partial charge >= 0.3 is 0 Å². The average molecular weight is 409 g/mol. The summed E-state index contributed by atoms with van der Waals surface area (Å²) >= 11 is 0. The van der Waals surface area contributed by atoms with Crippen molar-refractivity contribution >= 4 is 0 Å². The van der Waals surface area contributed by atoms with Crippen LogP contribution in [0.25, 0.3) is 11.1 Å². The molecule has 2 aromatic carbocycles. The third-order valence-corrected chi connectivity index (χ3v) is 6.67. The maximum Gasteiger partial charge on any atom is 0.0543 e. The Bertz CT molecular complexity index is 687. The smallest absolute Gasteiger partial charge is 0.0543 e. The molecule has 4 atom stereocenters. The van der Waals surface area contributed by atoms with Crippen LogP contribution in [0.3, 0.4) is 0 Å². The van der Waals surface area contributed by atoms with E-state index >= 15 is 0 Å². The minimum atomic E-state index is -0.222. The van der Waals surface area contributed by atoms with Gasteiger partial charge in [0.1, 0.15) is 0 Å². The predicted molar refractivity (Wildman–Crippen MR) is 127 cm³/mol. The molecule has 1 aliphatic carbocycles. The molecule has 164 valence electrons. The van der Waals surface area contributed by atoms with Gasteiger partial charge in [0.05, 0.1) is 12.2 Å². The fourth-order valence-electron chi connectivity index (χ4n) is 5.15. The van der Waals surface area contributed by atoms with E-state index in [4.69, 9.17) is 0 Å². The van der Waals surface area contributed by atoms with Crippen molar-refractivity contribution in [2.24, 2.45) is 11.8 Å². The minimum absolute atomic E-state index is 0.104. The van der Waals surface area contributed by atoms with Crippen LogP contribution in [-0.2, 0) is 12.8 Å². The van der Waals surface area contributed by atoms with Crippen molar-refractivity contribution in [1.29, 1.82) is 0 Å². The molecule has 1 fully saturated rings. The zero-order valence-corrected chi connectivity index (χ0v) is 18.9. The molecule has 30 heavy (non-hydrogen) atoms. The Morgan fingerprint density at radius 3 is 2.10 bits per heavy atom. The molecule has 0 bridgehead atoms. The first-order valence-electron chi connectivity index (χ1n) is 12.1. The molecule has 0 aliphatic heterocycles. The number of rotatable bonds is 9. The Balaban J connectivity index is 1.59. The van der Waals surface area contributed by atoms with E-state index in [0.717, 1.165) is 32.1 Å². The van der Waals surface area contributed by atoms with Gasteiger partial charge in [-0.25, -0.2) is 0 Å². The Hall–Kier alpha value is -1.64. The van der Waals surface area contributed by atoms with Crippen molar-refractivity contribution in [3.05, 3.63) is 59.7 Å². The van der Waals surface area contributed by atoms with E-state index in [2.05, 4.69) is 55.5 Å². The summed E-state index contributed by atoms with van der Waals surface area (Å²) in [5.41, 5.74) is 5.27. The number of hydrogen-bond donors (Lipinski definition) is 2. The molecule has 2 N–H and O–H groups in total. The fourth-order valence-corrected chi connectivity index (χ4v) is 5.15. The summed E-state index contributed by atoms with van der Waals surface area (Å²) in [6.45, 7) is 4.12. The van der Waals surface area contributed by atoms with E-state index < -0.39 is 0 Å². The van der Waals surface area contributed by atoms with Gasteiger partial charge in [-0.1, -0.05) is 87.6 Å². The molecule has 2 nitrogen and oxygen atoms in total. The van der Waals surface area contributed by atoms with Crippen molar-refractivity contribution in [2.45, 2.75) is 90.3 Å². The van der Waals surface area contributed by atoms with Gasteiger partial charge in [0.15, 0.2) is 0 Å². The number of aliphatic hydroxyl groups is 2. The van der Waals surface area contributed by atoms with E-state index in [-0.39, 0.29) is 12.2 Å². The summed E-state index contributed by atoms with van der Waals surface area (Å²) in [5, 5.41) is 19.8. The van der Waals surface area contributed by atoms with Crippen LogP contribution in [0.15, 0.2) is 48.5 Å². The summed E-state index contributed by atoms with van der Waals surface area (Å²) in [6.07, 6.45) is 10.6. The maximum absolute atomic E-state index is 10.1. The monoisotopic (exact) mass is 408 g/mol. The van der Waals surface area contributed by atoms with E-state index in [9.17, 15) is 10.2 Å². The van der Waals surface area contributed by atoms with Crippen molar-refractivity contribution in [2.75, 3.05) is 0 Å². The molecule has 0 amide bonds. The van der Waals surface area contributed by atoms with Crippen LogP contribution in [0.4, 0.5) is 0 Å². The Labute approximate surface area is 183 Å². The molecule has 3 rings (SSSR count). The van der Waals surface area contributed by atoms with E-state index in [1.807, 2.05) is 6.92 Å². The molecule has 1 saturated carbocycles. The number of benzene rings is 2. The summed E-state index contributed by atoms with van der Waals surface area (Å²) in [4.78, 5) is 0. The highest BCUT2D eigenvalue weighted by atomic mass is 16.3. The zero-order valence-electron chi connectivity index (χ0n) is 18.9. The molecule has 1 aliphatic rings. The van der Waals surface area contributed by atoms with Gasteiger partial charge in [-0.2, -0.15) is 0 Å². The molecular weight excluding hydrogens is 368 g/mol. The third kappa shape index (κ3) is 7.25. The zero-order chi connectivity index (χ0) is 21.3. The lowest BCUT2D eigenvalue weighted by Crippen LogP contribution is -2.12. The molecule has 0 spiro atoms. The average Bonchev–Trinajstić information content (AvgIpc) is 2.92. The SMILES string of the molecule is CCCC(Cc1ccc(-c2ccc(CC3CCCCC(O)C3)cc2)cc1)CC(C)O.